The van der Waals surface area contributed by atoms with Gasteiger partial charge in [-0.1, -0.05) is 12.1 Å². The summed E-state index contributed by atoms with van der Waals surface area (Å²) in [6.07, 6.45) is 4.62. The van der Waals surface area contributed by atoms with Gasteiger partial charge in [0, 0.05) is 25.9 Å². The highest BCUT2D eigenvalue weighted by molar-refractivity contribution is 5.77. The molecule has 1 aromatic rings. The first kappa shape index (κ1) is 15.5. The van der Waals surface area contributed by atoms with Gasteiger partial charge in [0.1, 0.15) is 5.75 Å². The van der Waals surface area contributed by atoms with Crippen LogP contribution in [-0.4, -0.2) is 29.4 Å². The first-order valence-electron chi connectivity index (χ1n) is 7.63. The first-order valence-corrected chi connectivity index (χ1v) is 7.63. The summed E-state index contributed by atoms with van der Waals surface area (Å²) >= 11 is 0. The van der Waals surface area contributed by atoms with Crippen molar-refractivity contribution >= 4 is 11.9 Å². The maximum Gasteiger partial charge on any atom is 0.308 e. The third-order valence-electron chi connectivity index (χ3n) is 3.91. The number of likely N-dealkylation sites (tertiary alicyclic amines) is 1. The molecule has 1 aliphatic rings. The average molecular weight is 289 g/mol. The zero-order valence-corrected chi connectivity index (χ0v) is 12.8. The van der Waals surface area contributed by atoms with E-state index in [4.69, 9.17) is 4.74 Å². The van der Waals surface area contributed by atoms with E-state index in [9.17, 15) is 9.59 Å². The average Bonchev–Trinajstić information content (AvgIpc) is 2.45. The lowest BCUT2D eigenvalue weighted by Crippen LogP contribution is -2.42. The number of benzene rings is 1. The molecule has 0 aliphatic carbocycles. The molecule has 21 heavy (non-hydrogen) atoms. The van der Waals surface area contributed by atoms with Crippen LogP contribution in [0, 0.1) is 0 Å². The molecule has 4 nitrogen and oxygen atoms in total. The van der Waals surface area contributed by atoms with Gasteiger partial charge in [-0.2, -0.15) is 0 Å². The van der Waals surface area contributed by atoms with Gasteiger partial charge in [-0.05, 0) is 50.3 Å². The molecule has 1 aliphatic heterocycles. The largest absolute Gasteiger partial charge is 0.427 e. The van der Waals surface area contributed by atoms with Gasteiger partial charge in [0.15, 0.2) is 0 Å². The maximum atomic E-state index is 12.3. The summed E-state index contributed by atoms with van der Waals surface area (Å²) in [5.41, 5.74) is 1.02. The van der Waals surface area contributed by atoms with Crippen LogP contribution >= 0.6 is 0 Å². The number of amides is 1. The molecule has 0 radical (unpaired) electrons. The van der Waals surface area contributed by atoms with Crippen molar-refractivity contribution in [2.45, 2.75) is 52.0 Å². The lowest BCUT2D eigenvalue weighted by molar-refractivity contribution is -0.134. The van der Waals surface area contributed by atoms with Crippen LogP contribution in [0.25, 0.3) is 0 Å². The van der Waals surface area contributed by atoms with E-state index < -0.39 is 0 Å². The topological polar surface area (TPSA) is 46.6 Å². The molecule has 1 aromatic carbocycles. The van der Waals surface area contributed by atoms with Crippen LogP contribution in [0.4, 0.5) is 0 Å². The molecule has 0 N–H and O–H groups in total. The SMILES string of the molecule is CC(=O)Oc1cccc(CCC(=O)N2CCCC[C@@H]2C)c1. The highest BCUT2D eigenvalue weighted by Gasteiger charge is 2.22. The number of hydrogen-bond acceptors (Lipinski definition) is 3. The van der Waals surface area contributed by atoms with E-state index in [1.165, 1.54) is 13.3 Å². The Bertz CT molecular complexity index is 513. The minimum atomic E-state index is -0.328. The van der Waals surface area contributed by atoms with Gasteiger partial charge in [-0.15, -0.1) is 0 Å². The Morgan fingerprint density at radius 2 is 2.14 bits per heavy atom. The molecular formula is C17H23NO3. The van der Waals surface area contributed by atoms with Crippen molar-refractivity contribution in [3.63, 3.8) is 0 Å². The Morgan fingerprint density at radius 3 is 2.86 bits per heavy atom. The Labute approximate surface area is 126 Å². The number of nitrogens with zero attached hydrogens (tertiary/aromatic N) is 1. The second-order valence-electron chi connectivity index (χ2n) is 5.67. The van der Waals surface area contributed by atoms with Crippen molar-refractivity contribution in [2.24, 2.45) is 0 Å². The number of rotatable bonds is 4. The van der Waals surface area contributed by atoms with E-state index in [1.807, 2.05) is 23.1 Å². The molecule has 0 bridgehead atoms. The molecule has 1 saturated heterocycles. The standard InChI is InChI=1S/C17H23NO3/c1-13-6-3-4-11-18(13)17(20)10-9-15-7-5-8-16(12-15)21-14(2)19/h5,7-8,12-13H,3-4,6,9-11H2,1-2H3/t13-/m0/s1. The second kappa shape index (κ2) is 7.25. The van der Waals surface area contributed by atoms with Crippen LogP contribution in [0.15, 0.2) is 24.3 Å². The van der Waals surface area contributed by atoms with E-state index in [2.05, 4.69) is 6.92 Å². The summed E-state index contributed by atoms with van der Waals surface area (Å²) in [5.74, 6) is 0.434. The first-order chi connectivity index (χ1) is 10.1. The molecule has 1 atom stereocenters. The third kappa shape index (κ3) is 4.59. The van der Waals surface area contributed by atoms with E-state index in [0.717, 1.165) is 24.9 Å². The smallest absolute Gasteiger partial charge is 0.308 e. The van der Waals surface area contributed by atoms with Crippen molar-refractivity contribution in [3.8, 4) is 5.75 Å². The molecule has 2 rings (SSSR count). The number of esters is 1. The molecule has 4 heteroatoms. The predicted octanol–water partition coefficient (Wildman–Crippen LogP) is 2.95. The quantitative estimate of drug-likeness (QED) is 0.632. The molecule has 1 amide bonds. The Kier molecular flexibility index (Phi) is 5.37. The normalized spacial score (nSPS) is 18.4. The van der Waals surface area contributed by atoms with E-state index in [0.29, 0.717) is 24.6 Å². The van der Waals surface area contributed by atoms with Gasteiger partial charge < -0.3 is 9.64 Å². The number of carbonyl (C=O) groups is 2. The second-order valence-corrected chi connectivity index (χ2v) is 5.67. The number of hydrogen-bond donors (Lipinski definition) is 0. The van der Waals surface area contributed by atoms with Gasteiger partial charge in [-0.25, -0.2) is 0 Å². The fourth-order valence-electron chi connectivity index (χ4n) is 2.79. The lowest BCUT2D eigenvalue weighted by Gasteiger charge is -2.33. The summed E-state index contributed by atoms with van der Waals surface area (Å²) in [4.78, 5) is 25.2. The molecular weight excluding hydrogens is 266 g/mol. The highest BCUT2D eigenvalue weighted by Crippen LogP contribution is 2.19. The van der Waals surface area contributed by atoms with Gasteiger partial charge in [0.25, 0.3) is 0 Å². The van der Waals surface area contributed by atoms with Crippen molar-refractivity contribution < 1.29 is 14.3 Å². The molecule has 0 spiro atoms. The minimum absolute atomic E-state index is 0.222. The Morgan fingerprint density at radius 1 is 1.33 bits per heavy atom. The van der Waals surface area contributed by atoms with Crippen LogP contribution in [0.5, 0.6) is 5.75 Å². The predicted molar refractivity (Wildman–Crippen MR) is 81.1 cm³/mol. The molecule has 1 fully saturated rings. The zero-order valence-electron chi connectivity index (χ0n) is 12.8. The molecule has 0 aromatic heterocycles. The monoisotopic (exact) mass is 289 g/mol. The lowest BCUT2D eigenvalue weighted by atomic mass is 10.0. The van der Waals surface area contributed by atoms with Crippen LogP contribution < -0.4 is 4.74 Å². The van der Waals surface area contributed by atoms with Crippen LogP contribution in [-0.2, 0) is 16.0 Å². The molecule has 0 unspecified atom stereocenters. The third-order valence-corrected chi connectivity index (χ3v) is 3.91. The summed E-state index contributed by atoms with van der Waals surface area (Å²) in [6, 6.07) is 7.74. The van der Waals surface area contributed by atoms with Crippen LogP contribution in [0.3, 0.4) is 0 Å². The maximum absolute atomic E-state index is 12.3. The van der Waals surface area contributed by atoms with E-state index in [1.54, 1.807) is 6.07 Å². The highest BCUT2D eigenvalue weighted by atomic mass is 16.5. The molecule has 0 saturated carbocycles. The summed E-state index contributed by atoms with van der Waals surface area (Å²) < 4.78 is 5.06. The molecule has 114 valence electrons. The Hall–Kier alpha value is -1.84. The summed E-state index contributed by atoms with van der Waals surface area (Å²) in [6.45, 7) is 4.39. The van der Waals surface area contributed by atoms with Crippen molar-refractivity contribution in [1.82, 2.24) is 4.90 Å². The number of aryl methyl sites for hydroxylation is 1. The van der Waals surface area contributed by atoms with E-state index >= 15 is 0 Å². The van der Waals surface area contributed by atoms with Gasteiger partial charge >= 0.3 is 5.97 Å². The molecule has 1 heterocycles. The number of ether oxygens (including phenoxy) is 1. The fourth-order valence-corrected chi connectivity index (χ4v) is 2.79. The zero-order chi connectivity index (χ0) is 15.2. The van der Waals surface area contributed by atoms with Crippen LogP contribution in [0.1, 0.15) is 45.1 Å². The van der Waals surface area contributed by atoms with Crippen LogP contribution in [0.2, 0.25) is 0 Å². The van der Waals surface area contributed by atoms with Crippen molar-refractivity contribution in [2.75, 3.05) is 6.54 Å². The van der Waals surface area contributed by atoms with Gasteiger partial charge in [-0.3, -0.25) is 9.59 Å². The minimum Gasteiger partial charge on any atom is -0.427 e. The fraction of sp³-hybridized carbons (Fsp3) is 0.529. The van der Waals surface area contributed by atoms with E-state index in [-0.39, 0.29) is 11.9 Å². The van der Waals surface area contributed by atoms with Gasteiger partial charge in [0.2, 0.25) is 5.91 Å². The summed E-state index contributed by atoms with van der Waals surface area (Å²) in [7, 11) is 0. The van der Waals surface area contributed by atoms with Gasteiger partial charge in [0.05, 0.1) is 0 Å². The Balaban J connectivity index is 1.90. The summed E-state index contributed by atoms with van der Waals surface area (Å²) in [5, 5.41) is 0. The van der Waals surface area contributed by atoms with Crippen molar-refractivity contribution in [1.29, 1.82) is 0 Å². The number of carbonyl (C=O) groups excluding carboxylic acids is 2. The van der Waals surface area contributed by atoms with Crippen molar-refractivity contribution in [3.05, 3.63) is 29.8 Å². The number of piperidine rings is 1.